The zero-order valence-corrected chi connectivity index (χ0v) is 20.4. The first kappa shape index (κ1) is 25.7. The van der Waals surface area contributed by atoms with Crippen LogP contribution >= 0.6 is 0 Å². The molecule has 0 saturated heterocycles. The van der Waals surface area contributed by atoms with E-state index >= 15 is 8.78 Å². The van der Waals surface area contributed by atoms with Gasteiger partial charge in [0.25, 0.3) is 0 Å². The highest BCUT2D eigenvalue weighted by Gasteiger charge is 2.76. The van der Waals surface area contributed by atoms with E-state index in [1.807, 2.05) is 0 Å². The maximum atomic E-state index is 17.2. The first-order valence-corrected chi connectivity index (χ1v) is 12.1. The summed E-state index contributed by atoms with van der Waals surface area (Å²) < 4.78 is 43.4. The van der Waals surface area contributed by atoms with Crippen molar-refractivity contribution in [2.24, 2.45) is 22.7 Å². The van der Waals surface area contributed by atoms with Crippen molar-refractivity contribution in [3.05, 3.63) is 23.8 Å². The van der Waals surface area contributed by atoms with Crippen molar-refractivity contribution in [1.29, 1.82) is 0 Å². The van der Waals surface area contributed by atoms with Crippen molar-refractivity contribution in [3.63, 3.8) is 0 Å². The molecule has 0 aromatic rings. The minimum atomic E-state index is -2.30. The van der Waals surface area contributed by atoms with Gasteiger partial charge in [-0.05, 0) is 56.3 Å². The molecule has 9 heteroatoms. The lowest BCUT2D eigenvalue weighted by molar-refractivity contribution is -0.229. The number of esters is 2. The molecular weight excluding hydrogens is 462 g/mol. The number of aliphatic hydroxyl groups excluding tert-OH is 1. The maximum Gasteiger partial charge on any atom is 0.306 e. The van der Waals surface area contributed by atoms with Crippen molar-refractivity contribution in [3.8, 4) is 0 Å². The first-order valence-electron chi connectivity index (χ1n) is 12.1. The summed E-state index contributed by atoms with van der Waals surface area (Å²) in [5.41, 5.74) is -6.80. The molecule has 4 rings (SSSR count). The third-order valence-electron chi connectivity index (χ3n) is 9.18. The molecule has 0 aromatic heterocycles. The SMILES string of the molecule is CCC(=O)O[C@]1(C(=O)COC(C)=O)CC[C@H]2[C@@H]3C[C@H](F)C4=CC(=O)C=C[C@]4(C)[C@@]3(F)C(O)C[C@@]21C. The van der Waals surface area contributed by atoms with Crippen LogP contribution in [0, 0.1) is 22.7 Å². The van der Waals surface area contributed by atoms with Crippen LogP contribution in [-0.4, -0.2) is 58.8 Å². The van der Waals surface area contributed by atoms with Crippen LogP contribution in [0.1, 0.15) is 59.8 Å². The lowest BCUT2D eigenvalue weighted by atomic mass is 9.44. The van der Waals surface area contributed by atoms with Crippen molar-refractivity contribution in [1.82, 2.24) is 0 Å². The number of allylic oxidation sites excluding steroid dienone is 4. The third kappa shape index (κ3) is 3.37. The quantitative estimate of drug-likeness (QED) is 0.585. The Morgan fingerprint density at radius 3 is 2.54 bits per heavy atom. The maximum absolute atomic E-state index is 17.2. The minimum absolute atomic E-state index is 0.0130. The molecule has 1 N–H and O–H groups in total. The molecule has 0 amide bonds. The predicted molar refractivity (Wildman–Crippen MR) is 119 cm³/mol. The Labute approximate surface area is 202 Å². The van der Waals surface area contributed by atoms with Crippen molar-refractivity contribution < 1.29 is 42.5 Å². The second kappa shape index (κ2) is 8.32. The van der Waals surface area contributed by atoms with Gasteiger partial charge in [0.05, 0.1) is 6.10 Å². The second-order valence-corrected chi connectivity index (χ2v) is 10.8. The van der Waals surface area contributed by atoms with E-state index < -0.39 is 76.3 Å². The topological polar surface area (TPSA) is 107 Å². The highest BCUT2D eigenvalue weighted by atomic mass is 19.1. The number of halogens is 2. The zero-order valence-electron chi connectivity index (χ0n) is 20.4. The van der Waals surface area contributed by atoms with Gasteiger partial charge in [-0.3, -0.25) is 19.2 Å². The fourth-order valence-electron chi connectivity index (χ4n) is 7.42. The second-order valence-electron chi connectivity index (χ2n) is 10.8. The summed E-state index contributed by atoms with van der Waals surface area (Å²) in [6.45, 7) is 5.26. The molecule has 4 aliphatic carbocycles. The molecule has 0 heterocycles. The van der Waals surface area contributed by atoms with E-state index in [1.165, 1.54) is 19.1 Å². The fraction of sp³-hybridized carbons (Fsp3) is 0.692. The van der Waals surface area contributed by atoms with Crippen molar-refractivity contribution in [2.45, 2.75) is 83.3 Å². The van der Waals surface area contributed by atoms with E-state index in [0.717, 1.165) is 13.0 Å². The van der Waals surface area contributed by atoms with Gasteiger partial charge in [-0.25, -0.2) is 8.78 Å². The molecule has 8 atom stereocenters. The Morgan fingerprint density at radius 1 is 1.23 bits per heavy atom. The van der Waals surface area contributed by atoms with E-state index in [0.29, 0.717) is 0 Å². The predicted octanol–water partition coefficient (Wildman–Crippen LogP) is 3.13. The van der Waals surface area contributed by atoms with Crippen LogP contribution in [0.25, 0.3) is 0 Å². The van der Waals surface area contributed by atoms with Gasteiger partial charge in [-0.2, -0.15) is 0 Å². The molecule has 3 saturated carbocycles. The normalized spacial score (nSPS) is 44.0. The third-order valence-corrected chi connectivity index (χ3v) is 9.18. The molecule has 0 spiro atoms. The summed E-state index contributed by atoms with van der Waals surface area (Å²) in [5, 5.41) is 11.4. The Morgan fingerprint density at radius 2 is 1.91 bits per heavy atom. The number of carbonyl (C=O) groups is 4. The van der Waals surface area contributed by atoms with E-state index in [2.05, 4.69) is 0 Å². The standard InChI is InChI=1S/C26H32F2O7/c1-5-22(33)35-25(21(32)13-34-14(2)29)9-7-16-17-11-19(27)18-10-15(30)6-8-23(18,3)26(17,28)20(31)12-24(16,25)4/h6,8,10,16-17,19-20,31H,5,7,9,11-13H2,1-4H3/t16-,17-,19-,20?,23-,24-,25-,26-/m0/s1. The molecule has 3 fully saturated rings. The van der Waals surface area contributed by atoms with Gasteiger partial charge in [-0.15, -0.1) is 0 Å². The van der Waals surface area contributed by atoms with Gasteiger partial charge < -0.3 is 14.6 Å². The fourth-order valence-corrected chi connectivity index (χ4v) is 7.42. The molecule has 35 heavy (non-hydrogen) atoms. The number of carbonyl (C=O) groups excluding carboxylic acids is 4. The van der Waals surface area contributed by atoms with Crippen molar-refractivity contribution >= 4 is 23.5 Å². The van der Waals surface area contributed by atoms with Gasteiger partial charge in [0.15, 0.2) is 23.7 Å². The Bertz CT molecular complexity index is 1040. The summed E-state index contributed by atoms with van der Waals surface area (Å²) in [7, 11) is 0. The summed E-state index contributed by atoms with van der Waals surface area (Å²) in [6.07, 6.45) is 0.214. The van der Waals surface area contributed by atoms with Crippen LogP contribution in [0.3, 0.4) is 0 Å². The van der Waals surface area contributed by atoms with Gasteiger partial charge >= 0.3 is 11.9 Å². The number of hydrogen-bond acceptors (Lipinski definition) is 7. The van der Waals surface area contributed by atoms with E-state index in [-0.39, 0.29) is 37.7 Å². The Balaban J connectivity index is 1.81. The minimum Gasteiger partial charge on any atom is -0.458 e. The lowest BCUT2D eigenvalue weighted by Crippen LogP contribution is -2.70. The highest BCUT2D eigenvalue weighted by Crippen LogP contribution is 2.70. The molecule has 0 aliphatic heterocycles. The number of rotatable bonds is 5. The number of ketones is 2. The van der Waals surface area contributed by atoms with E-state index in [1.54, 1.807) is 13.8 Å². The highest BCUT2D eigenvalue weighted by molar-refractivity contribution is 6.01. The molecule has 4 aliphatic rings. The number of ether oxygens (including phenoxy) is 2. The van der Waals surface area contributed by atoms with Gasteiger partial charge in [0.1, 0.15) is 6.17 Å². The van der Waals surface area contributed by atoms with Crippen LogP contribution in [0.2, 0.25) is 0 Å². The Kier molecular flexibility index (Phi) is 6.10. The van der Waals surface area contributed by atoms with Gasteiger partial charge in [0.2, 0.25) is 5.78 Å². The first-order chi connectivity index (χ1) is 16.3. The Hall–Kier alpha value is -2.42. The summed E-state index contributed by atoms with van der Waals surface area (Å²) >= 11 is 0. The molecule has 0 bridgehead atoms. The monoisotopic (exact) mass is 494 g/mol. The molecule has 7 nitrogen and oxygen atoms in total. The number of alkyl halides is 2. The molecule has 1 unspecified atom stereocenters. The molecule has 0 radical (unpaired) electrons. The number of aliphatic hydroxyl groups is 1. The van der Waals surface area contributed by atoms with Crippen LogP contribution < -0.4 is 0 Å². The molecule has 192 valence electrons. The van der Waals surface area contributed by atoms with Crippen LogP contribution in [0.15, 0.2) is 23.8 Å². The lowest BCUT2D eigenvalue weighted by Gasteiger charge is -2.63. The van der Waals surface area contributed by atoms with Crippen LogP contribution in [-0.2, 0) is 28.7 Å². The zero-order chi connectivity index (χ0) is 26.0. The van der Waals surface area contributed by atoms with Crippen LogP contribution in [0.5, 0.6) is 0 Å². The number of hydrogen-bond donors (Lipinski definition) is 1. The average Bonchev–Trinajstić information content (AvgIpc) is 3.08. The number of fused-ring (bicyclic) bond motifs is 5. The van der Waals surface area contributed by atoms with E-state index in [4.69, 9.17) is 9.47 Å². The summed E-state index contributed by atoms with van der Waals surface area (Å²) in [5.74, 6) is -4.01. The van der Waals surface area contributed by atoms with E-state index in [9.17, 15) is 24.3 Å². The average molecular weight is 495 g/mol. The molecular formula is C26H32F2O7. The van der Waals surface area contributed by atoms with Gasteiger partial charge in [-0.1, -0.05) is 19.9 Å². The number of Topliss-reactive ketones (excluding diaryl/α,β-unsaturated/α-hetero) is 1. The summed E-state index contributed by atoms with van der Waals surface area (Å²) in [4.78, 5) is 49.2. The summed E-state index contributed by atoms with van der Waals surface area (Å²) in [6, 6.07) is 0. The smallest absolute Gasteiger partial charge is 0.306 e. The van der Waals surface area contributed by atoms with Crippen LogP contribution in [0.4, 0.5) is 8.78 Å². The van der Waals surface area contributed by atoms with Crippen molar-refractivity contribution in [2.75, 3.05) is 6.61 Å². The molecule has 0 aromatic carbocycles. The van der Waals surface area contributed by atoms with Gasteiger partial charge in [0, 0.05) is 30.1 Å². The largest absolute Gasteiger partial charge is 0.458 e.